The van der Waals surface area contributed by atoms with Gasteiger partial charge in [-0.2, -0.15) is 4.98 Å². The Morgan fingerprint density at radius 1 is 1.31 bits per heavy atom. The van der Waals surface area contributed by atoms with Crippen molar-refractivity contribution in [3.8, 4) is 0 Å². The van der Waals surface area contributed by atoms with Gasteiger partial charge < -0.3 is 5.73 Å². The van der Waals surface area contributed by atoms with Gasteiger partial charge in [-0.25, -0.2) is 14.4 Å². The van der Waals surface area contributed by atoms with Gasteiger partial charge in [0.2, 0.25) is 5.78 Å². The summed E-state index contributed by atoms with van der Waals surface area (Å²) in [7, 11) is 0. The largest absolute Gasteiger partial charge is 0.365 e. The van der Waals surface area contributed by atoms with Crippen LogP contribution in [0, 0.1) is 5.82 Å². The molecule has 3 heterocycles. The normalized spacial score (nSPS) is 12.1. The smallest absolute Gasteiger partial charge is 0.287 e. The van der Waals surface area contributed by atoms with Gasteiger partial charge in [0, 0.05) is 18.5 Å². The second kappa shape index (κ2) is 7.69. The van der Waals surface area contributed by atoms with Crippen LogP contribution in [-0.4, -0.2) is 44.9 Å². The van der Waals surface area contributed by atoms with Gasteiger partial charge in [-0.15, -0.1) is 0 Å². The Labute approximate surface area is 175 Å². The monoisotopic (exact) mass is 431 g/mol. The number of thiazole rings is 1. The van der Waals surface area contributed by atoms with Gasteiger partial charge in [-0.05, 0) is 26.0 Å². The Morgan fingerprint density at radius 2 is 2.10 bits per heavy atom. The molecule has 29 heavy (non-hydrogen) atoms. The van der Waals surface area contributed by atoms with Gasteiger partial charge in [0.05, 0.1) is 34.4 Å². The van der Waals surface area contributed by atoms with Crippen molar-refractivity contribution in [3.05, 3.63) is 42.6 Å². The summed E-state index contributed by atoms with van der Waals surface area (Å²) in [6.07, 6.45) is 5.19. The van der Waals surface area contributed by atoms with E-state index in [1.165, 1.54) is 29.2 Å². The van der Waals surface area contributed by atoms with Gasteiger partial charge >= 0.3 is 0 Å². The molecule has 0 saturated heterocycles. The Bertz CT molecular complexity index is 1200. The van der Waals surface area contributed by atoms with Crippen LogP contribution in [0.1, 0.15) is 13.8 Å². The molecule has 1 aromatic carbocycles. The highest BCUT2D eigenvalue weighted by Gasteiger charge is 2.33. The van der Waals surface area contributed by atoms with Crippen molar-refractivity contribution in [2.75, 3.05) is 19.6 Å². The number of rotatable bonds is 7. The number of hydrogen-bond acceptors (Lipinski definition) is 6. The van der Waals surface area contributed by atoms with Crippen molar-refractivity contribution in [3.63, 3.8) is 0 Å². The van der Waals surface area contributed by atoms with Gasteiger partial charge in [0.1, 0.15) is 10.8 Å². The van der Waals surface area contributed by atoms with E-state index >= 15 is 0 Å². The zero-order chi connectivity index (χ0) is 20.6. The molecule has 0 atom stereocenters. The van der Waals surface area contributed by atoms with E-state index in [2.05, 4.69) is 15.0 Å². The number of fused-ring (bicyclic) bond motifs is 2. The third-order valence-electron chi connectivity index (χ3n) is 4.97. The molecule has 4 rings (SSSR count). The first kappa shape index (κ1) is 19.7. The number of imidazole rings is 1. The van der Waals surface area contributed by atoms with Crippen molar-refractivity contribution in [1.82, 2.24) is 23.8 Å². The third kappa shape index (κ3) is 3.59. The minimum Gasteiger partial charge on any atom is -0.365 e. The lowest BCUT2D eigenvalue weighted by molar-refractivity contribution is -0.118. The molecule has 2 N–H and O–H groups in total. The molecule has 0 aliphatic heterocycles. The van der Waals surface area contributed by atoms with Crippen LogP contribution in [0.15, 0.2) is 46.7 Å². The lowest BCUT2D eigenvalue weighted by Gasteiger charge is -2.31. The number of primary amides is 1. The number of amides is 1. The predicted molar refractivity (Wildman–Crippen MR) is 114 cm³/mol. The van der Waals surface area contributed by atoms with E-state index in [9.17, 15) is 9.18 Å². The number of benzene rings is 1. The molecule has 0 bridgehead atoms. The van der Waals surface area contributed by atoms with Crippen LogP contribution in [0.3, 0.4) is 0 Å². The first-order valence-electron chi connectivity index (χ1n) is 9.16. The second-order valence-electron chi connectivity index (χ2n) is 6.64. The molecule has 7 nitrogen and oxygen atoms in total. The molecular formula is C19H20FN6OS2+. The topological polar surface area (TPSA) is 86.2 Å². The number of quaternary nitrogens is 1. The van der Waals surface area contributed by atoms with Gasteiger partial charge in [0.15, 0.2) is 6.54 Å². The van der Waals surface area contributed by atoms with Crippen LogP contribution in [0.4, 0.5) is 9.52 Å². The standard InChI is InChI=1S/C19H19FN6OS2/c1-3-26(4-2,11-16(21)27)19-24-13-8-12(20)14(9-15(13)29-19)28-17-10-23-18-22-6-5-7-25(17)18/h5-10H,3-4,11H2,1-2H3,(H-,21,27)/p+1. The quantitative estimate of drug-likeness (QED) is 0.453. The number of carbonyl (C=O) groups is 1. The Morgan fingerprint density at radius 3 is 2.83 bits per heavy atom. The summed E-state index contributed by atoms with van der Waals surface area (Å²) in [4.78, 5) is 25.2. The van der Waals surface area contributed by atoms with Crippen LogP contribution < -0.4 is 10.2 Å². The average Bonchev–Trinajstić information content (AvgIpc) is 3.31. The minimum atomic E-state index is -0.378. The fraction of sp³-hybridized carbons (Fsp3) is 0.263. The van der Waals surface area contributed by atoms with Crippen LogP contribution in [0.5, 0.6) is 0 Å². The molecule has 0 aliphatic rings. The molecule has 0 radical (unpaired) electrons. The number of carbonyl (C=O) groups excluding carboxylic acids is 1. The van der Waals surface area contributed by atoms with Gasteiger partial charge in [0.25, 0.3) is 11.0 Å². The predicted octanol–water partition coefficient (Wildman–Crippen LogP) is 3.46. The molecule has 1 amide bonds. The lowest BCUT2D eigenvalue weighted by Crippen LogP contribution is -2.53. The highest BCUT2D eigenvalue weighted by atomic mass is 32.2. The molecule has 10 heteroatoms. The highest BCUT2D eigenvalue weighted by Crippen LogP contribution is 2.38. The summed E-state index contributed by atoms with van der Waals surface area (Å²) in [5.74, 6) is -0.160. The van der Waals surface area contributed by atoms with Crippen molar-refractivity contribution in [2.45, 2.75) is 23.8 Å². The zero-order valence-corrected chi connectivity index (χ0v) is 17.6. The summed E-state index contributed by atoms with van der Waals surface area (Å²) in [6, 6.07) is 5.05. The maximum atomic E-state index is 14.8. The molecule has 0 spiro atoms. The number of likely N-dealkylation sites (N-methyl/N-ethyl adjacent to an activating group) is 1. The fourth-order valence-electron chi connectivity index (χ4n) is 3.28. The summed E-state index contributed by atoms with van der Waals surface area (Å²) < 4.78 is 17.8. The Hall–Kier alpha value is -2.56. The fourth-order valence-corrected chi connectivity index (χ4v) is 5.50. The Balaban J connectivity index is 1.74. The molecule has 0 fully saturated rings. The van der Waals surface area contributed by atoms with E-state index in [0.29, 0.717) is 33.8 Å². The number of nitrogens with two attached hydrogens (primary N) is 1. The molecule has 0 saturated carbocycles. The third-order valence-corrected chi connectivity index (χ3v) is 7.23. The molecule has 4 aromatic rings. The number of nitrogens with zero attached hydrogens (tertiary/aromatic N) is 5. The SMILES string of the molecule is CC[N+](CC)(CC(N)=O)c1nc2cc(F)c(Sc3cnc4ncccn34)cc2s1. The summed E-state index contributed by atoms with van der Waals surface area (Å²) in [5.41, 5.74) is 6.06. The second-order valence-corrected chi connectivity index (χ2v) is 8.71. The van der Waals surface area contributed by atoms with Gasteiger partial charge in [-0.3, -0.25) is 13.7 Å². The molecular weight excluding hydrogens is 411 g/mol. The van der Waals surface area contributed by atoms with E-state index in [1.54, 1.807) is 24.5 Å². The van der Waals surface area contributed by atoms with E-state index in [1.807, 2.05) is 24.4 Å². The minimum absolute atomic E-state index is 0.172. The van der Waals surface area contributed by atoms with Crippen LogP contribution in [-0.2, 0) is 4.79 Å². The first-order valence-corrected chi connectivity index (χ1v) is 10.8. The average molecular weight is 432 g/mol. The maximum Gasteiger partial charge on any atom is 0.287 e. The van der Waals surface area contributed by atoms with Crippen molar-refractivity contribution >= 4 is 50.1 Å². The summed E-state index contributed by atoms with van der Waals surface area (Å²) in [5, 5.41) is 1.54. The van der Waals surface area contributed by atoms with Crippen molar-refractivity contribution in [2.24, 2.45) is 5.73 Å². The van der Waals surface area contributed by atoms with Crippen molar-refractivity contribution in [1.29, 1.82) is 0 Å². The molecule has 0 unspecified atom stereocenters. The zero-order valence-electron chi connectivity index (χ0n) is 16.0. The van der Waals surface area contributed by atoms with E-state index < -0.39 is 0 Å². The van der Waals surface area contributed by atoms with Gasteiger partial charge in [-0.1, -0.05) is 23.1 Å². The number of halogens is 1. The van der Waals surface area contributed by atoms with E-state index in [0.717, 1.165) is 14.9 Å². The van der Waals surface area contributed by atoms with Crippen LogP contribution >= 0.6 is 23.1 Å². The van der Waals surface area contributed by atoms with Crippen LogP contribution in [0.2, 0.25) is 0 Å². The molecule has 0 aliphatic carbocycles. The van der Waals surface area contributed by atoms with Crippen molar-refractivity contribution < 1.29 is 9.18 Å². The Kier molecular flexibility index (Phi) is 5.24. The van der Waals surface area contributed by atoms with Crippen LogP contribution in [0.25, 0.3) is 16.0 Å². The molecule has 3 aromatic heterocycles. The summed E-state index contributed by atoms with van der Waals surface area (Å²) in [6.45, 7) is 5.53. The first-order chi connectivity index (χ1) is 14.0. The molecule has 150 valence electrons. The van der Waals surface area contributed by atoms with E-state index in [-0.39, 0.29) is 18.3 Å². The highest BCUT2D eigenvalue weighted by molar-refractivity contribution is 7.99. The summed E-state index contributed by atoms with van der Waals surface area (Å²) >= 11 is 2.76. The maximum absolute atomic E-state index is 14.8. The number of hydrogen-bond donors (Lipinski definition) is 1. The lowest BCUT2D eigenvalue weighted by atomic mass is 10.3. The number of aromatic nitrogens is 4. The van der Waals surface area contributed by atoms with E-state index in [4.69, 9.17) is 5.73 Å².